The van der Waals surface area contributed by atoms with Crippen molar-refractivity contribution >= 4 is 22.7 Å². The monoisotopic (exact) mass is 262 g/mol. The van der Waals surface area contributed by atoms with Gasteiger partial charge in [0.1, 0.15) is 0 Å². The minimum atomic E-state index is 0.674. The van der Waals surface area contributed by atoms with Crippen molar-refractivity contribution in [3.8, 4) is 0 Å². The van der Waals surface area contributed by atoms with E-state index in [4.69, 9.17) is 0 Å². The van der Waals surface area contributed by atoms with Gasteiger partial charge in [0.15, 0.2) is 0 Å². The summed E-state index contributed by atoms with van der Waals surface area (Å²) in [7, 11) is 2.05. The summed E-state index contributed by atoms with van der Waals surface area (Å²) in [5.41, 5.74) is 1.24. The van der Waals surface area contributed by atoms with Crippen LogP contribution in [0.1, 0.15) is 26.2 Å². The summed E-state index contributed by atoms with van der Waals surface area (Å²) in [6.45, 7) is 2.24. The van der Waals surface area contributed by atoms with Gasteiger partial charge in [-0.15, -0.1) is 11.8 Å². The van der Waals surface area contributed by atoms with Crippen LogP contribution in [0.4, 0.5) is 0 Å². The Morgan fingerprint density at radius 3 is 2.89 bits per heavy atom. The molecule has 1 unspecified atom stereocenters. The van der Waals surface area contributed by atoms with Gasteiger partial charge in [0.25, 0.3) is 0 Å². The highest BCUT2D eigenvalue weighted by atomic mass is 32.2. The molecule has 0 aliphatic heterocycles. The van der Waals surface area contributed by atoms with Crippen molar-refractivity contribution in [2.75, 3.05) is 12.8 Å². The number of para-hydroxylation sites is 1. The van der Waals surface area contributed by atoms with Crippen LogP contribution in [0.15, 0.2) is 35.4 Å². The molecular weight excluding hydrogens is 240 g/mol. The first-order valence-electron chi connectivity index (χ1n) is 6.71. The summed E-state index contributed by atoms with van der Waals surface area (Å²) in [4.78, 5) is 3.46. The van der Waals surface area contributed by atoms with Crippen LogP contribution in [-0.2, 0) is 0 Å². The summed E-state index contributed by atoms with van der Waals surface area (Å²) >= 11 is 1.93. The summed E-state index contributed by atoms with van der Waals surface area (Å²) in [5, 5.41) is 5.95. The first-order valence-corrected chi connectivity index (χ1v) is 7.70. The predicted molar refractivity (Wildman–Crippen MR) is 81.4 cm³/mol. The molecule has 1 aromatic heterocycles. The number of benzene rings is 1. The van der Waals surface area contributed by atoms with Gasteiger partial charge >= 0.3 is 0 Å². The molecule has 2 rings (SSSR count). The number of hydrogen-bond donors (Lipinski definition) is 2. The van der Waals surface area contributed by atoms with Crippen LogP contribution in [0.3, 0.4) is 0 Å². The molecule has 0 fully saturated rings. The zero-order valence-electron chi connectivity index (χ0n) is 11.2. The zero-order chi connectivity index (χ0) is 12.8. The second-order valence-corrected chi connectivity index (χ2v) is 5.74. The van der Waals surface area contributed by atoms with Gasteiger partial charge in [-0.25, -0.2) is 0 Å². The lowest BCUT2D eigenvalue weighted by molar-refractivity contribution is 0.504. The fourth-order valence-electron chi connectivity index (χ4n) is 2.19. The molecule has 3 heteroatoms. The first kappa shape index (κ1) is 13.5. The summed E-state index contributed by atoms with van der Waals surface area (Å²) in [6, 6.07) is 11.4. The highest BCUT2D eigenvalue weighted by Crippen LogP contribution is 2.24. The lowest BCUT2D eigenvalue weighted by Gasteiger charge is -2.12. The molecule has 0 aliphatic carbocycles. The molecule has 2 N–H and O–H groups in total. The number of nitrogens with one attached hydrogen (secondary N) is 2. The third kappa shape index (κ3) is 3.53. The van der Waals surface area contributed by atoms with E-state index in [0.717, 1.165) is 0 Å². The third-order valence-electron chi connectivity index (χ3n) is 3.36. The van der Waals surface area contributed by atoms with Gasteiger partial charge in [0, 0.05) is 16.9 Å². The van der Waals surface area contributed by atoms with Gasteiger partial charge in [-0.1, -0.05) is 25.1 Å². The molecule has 1 heterocycles. The van der Waals surface area contributed by atoms with Gasteiger partial charge < -0.3 is 10.3 Å². The number of thioether (sulfide) groups is 1. The minimum absolute atomic E-state index is 0.674. The summed E-state index contributed by atoms with van der Waals surface area (Å²) < 4.78 is 0. The van der Waals surface area contributed by atoms with E-state index in [1.54, 1.807) is 0 Å². The maximum atomic E-state index is 3.46. The summed E-state index contributed by atoms with van der Waals surface area (Å²) in [6.07, 6.45) is 3.74. The predicted octanol–water partition coefficient (Wildman–Crippen LogP) is 4.04. The number of hydrogen-bond acceptors (Lipinski definition) is 2. The molecule has 1 atom stereocenters. The maximum Gasteiger partial charge on any atom is 0.0732 e. The van der Waals surface area contributed by atoms with Crippen LogP contribution in [-0.4, -0.2) is 23.8 Å². The van der Waals surface area contributed by atoms with Crippen LogP contribution >= 0.6 is 11.8 Å². The molecule has 0 saturated carbocycles. The number of aromatic amines is 1. The average molecular weight is 262 g/mol. The molecule has 1 aromatic carbocycles. The zero-order valence-corrected chi connectivity index (χ0v) is 12.0. The van der Waals surface area contributed by atoms with E-state index >= 15 is 0 Å². The Kier molecular flexibility index (Phi) is 5.14. The number of H-pyrrole nitrogens is 1. The van der Waals surface area contributed by atoms with E-state index < -0.39 is 0 Å². The van der Waals surface area contributed by atoms with Crippen LogP contribution in [0.5, 0.6) is 0 Å². The van der Waals surface area contributed by atoms with Crippen molar-refractivity contribution in [1.29, 1.82) is 0 Å². The van der Waals surface area contributed by atoms with Gasteiger partial charge in [-0.05, 0) is 44.2 Å². The molecule has 98 valence electrons. The molecule has 0 aliphatic rings. The topological polar surface area (TPSA) is 27.8 Å². The quantitative estimate of drug-likeness (QED) is 0.582. The van der Waals surface area contributed by atoms with Crippen molar-refractivity contribution in [3.63, 3.8) is 0 Å². The molecule has 0 bridgehead atoms. The molecule has 0 radical (unpaired) electrons. The molecule has 2 nitrogen and oxygen atoms in total. The van der Waals surface area contributed by atoms with E-state index in [-0.39, 0.29) is 0 Å². The lowest BCUT2D eigenvalue weighted by Crippen LogP contribution is -2.23. The molecule has 18 heavy (non-hydrogen) atoms. The molecule has 0 saturated heterocycles. The van der Waals surface area contributed by atoms with Crippen molar-refractivity contribution < 1.29 is 0 Å². The number of fused-ring (bicyclic) bond motifs is 1. The molecule has 0 spiro atoms. The highest BCUT2D eigenvalue weighted by molar-refractivity contribution is 7.99. The number of aromatic nitrogens is 1. The maximum absolute atomic E-state index is 3.46. The normalized spacial score (nSPS) is 13.0. The van der Waals surface area contributed by atoms with Crippen LogP contribution < -0.4 is 5.32 Å². The van der Waals surface area contributed by atoms with E-state index in [0.29, 0.717) is 6.04 Å². The van der Waals surface area contributed by atoms with Crippen LogP contribution in [0.25, 0.3) is 10.9 Å². The lowest BCUT2D eigenvalue weighted by atomic mass is 10.1. The second kappa shape index (κ2) is 6.86. The van der Waals surface area contributed by atoms with Gasteiger partial charge in [0.05, 0.1) is 5.03 Å². The molecule has 2 aromatic rings. The minimum Gasteiger partial charge on any atom is -0.350 e. The van der Waals surface area contributed by atoms with Gasteiger partial charge in [-0.2, -0.15) is 0 Å². The second-order valence-electron chi connectivity index (χ2n) is 4.61. The Bertz CT molecular complexity index is 441. The van der Waals surface area contributed by atoms with Crippen LogP contribution in [0.2, 0.25) is 0 Å². The molecule has 0 amide bonds. The fourth-order valence-corrected chi connectivity index (χ4v) is 3.11. The van der Waals surface area contributed by atoms with Crippen LogP contribution in [0, 0.1) is 0 Å². The third-order valence-corrected chi connectivity index (χ3v) is 4.38. The van der Waals surface area contributed by atoms with E-state index in [1.165, 1.54) is 40.9 Å². The Hall–Kier alpha value is -0.930. The Morgan fingerprint density at radius 1 is 1.33 bits per heavy atom. The Labute approximate surface area is 114 Å². The van der Waals surface area contributed by atoms with Gasteiger partial charge in [-0.3, -0.25) is 0 Å². The average Bonchev–Trinajstić information content (AvgIpc) is 2.81. The van der Waals surface area contributed by atoms with Crippen molar-refractivity contribution in [2.45, 2.75) is 37.3 Å². The highest BCUT2D eigenvalue weighted by Gasteiger charge is 2.04. The van der Waals surface area contributed by atoms with Crippen molar-refractivity contribution in [3.05, 3.63) is 30.3 Å². The standard InChI is InChI=1S/C15H22N2S/c1-3-13(16-2)8-6-10-18-15-11-12-7-4-5-9-14(12)17-15/h4-5,7,9,11,13,16-17H,3,6,8,10H2,1-2H3. The first-order chi connectivity index (χ1) is 8.83. The smallest absolute Gasteiger partial charge is 0.0732 e. The number of rotatable bonds is 7. The SMILES string of the molecule is CCC(CCCSc1cc2ccccc2[nH]1)NC. The van der Waals surface area contributed by atoms with E-state index in [2.05, 4.69) is 54.6 Å². The molecular formula is C15H22N2S. The largest absolute Gasteiger partial charge is 0.350 e. The Balaban J connectivity index is 1.80. The Morgan fingerprint density at radius 2 is 2.17 bits per heavy atom. The van der Waals surface area contributed by atoms with Crippen molar-refractivity contribution in [1.82, 2.24) is 10.3 Å². The van der Waals surface area contributed by atoms with E-state index in [1.807, 2.05) is 11.8 Å². The van der Waals surface area contributed by atoms with Crippen molar-refractivity contribution in [2.24, 2.45) is 0 Å². The van der Waals surface area contributed by atoms with Gasteiger partial charge in [0.2, 0.25) is 0 Å². The fraction of sp³-hybridized carbons (Fsp3) is 0.467. The summed E-state index contributed by atoms with van der Waals surface area (Å²) in [5.74, 6) is 1.19. The van der Waals surface area contributed by atoms with E-state index in [9.17, 15) is 0 Å².